The van der Waals surface area contributed by atoms with Crippen molar-refractivity contribution in [2.75, 3.05) is 51.1 Å². The zero-order valence-corrected chi connectivity index (χ0v) is 26.3. The average molecular weight is 592 g/mol. The molecule has 0 radical (unpaired) electrons. The van der Waals surface area contributed by atoms with Crippen molar-refractivity contribution in [2.45, 2.75) is 77.2 Å². The second-order valence-corrected chi connectivity index (χ2v) is 13.6. The summed E-state index contributed by atoms with van der Waals surface area (Å²) in [6.45, 7) is 15.2. The molecular formula is C34H49N5O4. The molecule has 234 valence electrons. The SMILES string of the molecule is CCN1CCN(CCCN2C(=O)[C@@H]3[C@H](C(=O)Nc4cccc(C)c4)[C@@H]4C=C[C@@]3(O4)[C@@H]2C(=O)N[C@@H]2CCC[C@H](C)[C@H]2C)CC1. The average Bonchev–Trinajstić information content (AvgIpc) is 3.63. The summed E-state index contributed by atoms with van der Waals surface area (Å²) in [5, 5.41) is 6.39. The van der Waals surface area contributed by atoms with Gasteiger partial charge in [0.05, 0.1) is 17.9 Å². The van der Waals surface area contributed by atoms with E-state index in [2.05, 4.69) is 41.2 Å². The van der Waals surface area contributed by atoms with Crippen molar-refractivity contribution < 1.29 is 19.1 Å². The number of piperazine rings is 1. The third-order valence-corrected chi connectivity index (χ3v) is 11.0. The van der Waals surface area contributed by atoms with Crippen LogP contribution in [0.15, 0.2) is 36.4 Å². The molecule has 3 amide bonds. The van der Waals surface area contributed by atoms with Crippen LogP contribution in [0.5, 0.6) is 0 Å². The first kappa shape index (κ1) is 30.3. The highest BCUT2D eigenvalue weighted by atomic mass is 16.5. The van der Waals surface area contributed by atoms with Gasteiger partial charge in [-0.25, -0.2) is 0 Å². The molecule has 1 aromatic rings. The number of ether oxygens (including phenoxy) is 1. The first-order valence-electron chi connectivity index (χ1n) is 16.5. The Morgan fingerprint density at radius 3 is 2.56 bits per heavy atom. The Morgan fingerprint density at radius 2 is 1.81 bits per heavy atom. The summed E-state index contributed by atoms with van der Waals surface area (Å²) >= 11 is 0. The second-order valence-electron chi connectivity index (χ2n) is 13.6. The van der Waals surface area contributed by atoms with Gasteiger partial charge in [0, 0.05) is 44.5 Å². The Labute approximate surface area is 256 Å². The summed E-state index contributed by atoms with van der Waals surface area (Å²) in [5.74, 6) is -1.03. The summed E-state index contributed by atoms with van der Waals surface area (Å²) in [6, 6.07) is 6.94. The number of rotatable bonds is 9. The quantitative estimate of drug-likeness (QED) is 0.429. The first-order chi connectivity index (χ1) is 20.7. The fourth-order valence-corrected chi connectivity index (χ4v) is 8.30. The Kier molecular flexibility index (Phi) is 8.68. The number of likely N-dealkylation sites (tertiary alicyclic amines) is 1. The minimum atomic E-state index is -1.13. The molecule has 4 heterocycles. The van der Waals surface area contributed by atoms with Gasteiger partial charge >= 0.3 is 0 Å². The third kappa shape index (κ3) is 5.64. The van der Waals surface area contributed by atoms with Gasteiger partial charge in [0.25, 0.3) is 0 Å². The number of hydrogen-bond donors (Lipinski definition) is 2. The summed E-state index contributed by atoms with van der Waals surface area (Å²) < 4.78 is 6.56. The van der Waals surface area contributed by atoms with E-state index in [0.717, 1.165) is 64.1 Å². The number of aryl methyl sites for hydroxylation is 1. The molecule has 2 N–H and O–H groups in total. The van der Waals surface area contributed by atoms with E-state index < -0.39 is 29.6 Å². The van der Waals surface area contributed by atoms with Gasteiger partial charge in [0.2, 0.25) is 17.7 Å². The Morgan fingerprint density at radius 1 is 1.05 bits per heavy atom. The third-order valence-electron chi connectivity index (χ3n) is 11.0. The minimum absolute atomic E-state index is 0.0708. The van der Waals surface area contributed by atoms with Crippen LogP contribution in [-0.2, 0) is 19.1 Å². The maximum atomic E-state index is 14.3. The van der Waals surface area contributed by atoms with Gasteiger partial charge in [0.1, 0.15) is 11.6 Å². The maximum Gasteiger partial charge on any atom is 0.246 e. The number of nitrogens with one attached hydrogen (secondary N) is 2. The molecule has 1 saturated carbocycles. The molecule has 8 atom stereocenters. The van der Waals surface area contributed by atoms with Crippen LogP contribution in [-0.4, -0.2) is 102 Å². The number of nitrogens with zero attached hydrogens (tertiary/aromatic N) is 3. The van der Waals surface area contributed by atoms with Gasteiger partial charge in [-0.2, -0.15) is 0 Å². The van der Waals surface area contributed by atoms with Crippen LogP contribution in [0.3, 0.4) is 0 Å². The van der Waals surface area contributed by atoms with Gasteiger partial charge in [-0.15, -0.1) is 0 Å². The van der Waals surface area contributed by atoms with Crippen LogP contribution in [0, 0.1) is 30.6 Å². The van der Waals surface area contributed by atoms with Crippen LogP contribution in [0.2, 0.25) is 0 Å². The van der Waals surface area contributed by atoms with Gasteiger partial charge in [-0.05, 0) is 62.4 Å². The highest BCUT2D eigenvalue weighted by molar-refractivity contribution is 6.02. The normalized spacial score (nSPS) is 35.8. The highest BCUT2D eigenvalue weighted by Gasteiger charge is 2.72. The minimum Gasteiger partial charge on any atom is -0.359 e. The monoisotopic (exact) mass is 591 g/mol. The molecule has 6 rings (SSSR count). The smallest absolute Gasteiger partial charge is 0.246 e. The molecule has 2 bridgehead atoms. The molecule has 43 heavy (non-hydrogen) atoms. The van der Waals surface area contributed by atoms with Gasteiger partial charge < -0.3 is 30.1 Å². The van der Waals surface area contributed by atoms with Crippen molar-refractivity contribution in [2.24, 2.45) is 23.7 Å². The molecule has 9 heteroatoms. The number of fused-ring (bicyclic) bond motifs is 1. The van der Waals surface area contributed by atoms with E-state index in [1.54, 1.807) is 4.90 Å². The Balaban J connectivity index is 1.22. The molecule has 1 aliphatic carbocycles. The summed E-state index contributed by atoms with van der Waals surface area (Å²) in [6.07, 6.45) is 7.26. The van der Waals surface area contributed by atoms with E-state index in [1.165, 1.54) is 6.42 Å². The molecule has 4 fully saturated rings. The van der Waals surface area contributed by atoms with Gasteiger partial charge in [0.15, 0.2) is 0 Å². The number of hydrogen-bond acceptors (Lipinski definition) is 6. The Hall–Kier alpha value is -2.75. The Bertz CT molecular complexity index is 1240. The highest BCUT2D eigenvalue weighted by Crippen LogP contribution is 2.55. The van der Waals surface area contributed by atoms with E-state index in [1.807, 2.05) is 43.3 Å². The summed E-state index contributed by atoms with van der Waals surface area (Å²) in [7, 11) is 0. The van der Waals surface area contributed by atoms with Crippen molar-refractivity contribution in [3.05, 3.63) is 42.0 Å². The molecule has 9 nitrogen and oxygen atoms in total. The van der Waals surface area contributed by atoms with Crippen molar-refractivity contribution in [1.82, 2.24) is 20.0 Å². The predicted molar refractivity (Wildman–Crippen MR) is 166 cm³/mol. The molecule has 1 spiro atoms. The fraction of sp³-hybridized carbons (Fsp3) is 0.676. The lowest BCUT2D eigenvalue weighted by atomic mass is 9.73. The lowest BCUT2D eigenvalue weighted by Crippen LogP contribution is -2.58. The molecule has 0 aromatic heterocycles. The zero-order valence-electron chi connectivity index (χ0n) is 26.3. The summed E-state index contributed by atoms with van der Waals surface area (Å²) in [4.78, 5) is 49.0. The van der Waals surface area contributed by atoms with E-state index in [0.29, 0.717) is 24.1 Å². The van der Waals surface area contributed by atoms with Crippen LogP contribution >= 0.6 is 0 Å². The topological polar surface area (TPSA) is 94.2 Å². The number of likely N-dealkylation sites (N-methyl/N-ethyl adjacent to an activating group) is 1. The zero-order chi connectivity index (χ0) is 30.3. The molecule has 0 unspecified atom stereocenters. The van der Waals surface area contributed by atoms with Crippen molar-refractivity contribution in [3.8, 4) is 0 Å². The largest absolute Gasteiger partial charge is 0.359 e. The number of benzene rings is 1. The van der Waals surface area contributed by atoms with Crippen molar-refractivity contribution >= 4 is 23.4 Å². The molecule has 4 aliphatic heterocycles. The maximum absolute atomic E-state index is 14.3. The first-order valence-corrected chi connectivity index (χ1v) is 16.5. The molecule has 3 saturated heterocycles. The number of carbonyl (C=O) groups excluding carboxylic acids is 3. The van der Waals surface area contributed by atoms with E-state index in [4.69, 9.17) is 4.74 Å². The lowest BCUT2D eigenvalue weighted by molar-refractivity contribution is -0.141. The van der Waals surface area contributed by atoms with E-state index in [9.17, 15) is 14.4 Å². The molecule has 1 aromatic carbocycles. The van der Waals surface area contributed by atoms with E-state index in [-0.39, 0.29) is 23.8 Å². The van der Waals surface area contributed by atoms with Crippen LogP contribution in [0.4, 0.5) is 5.69 Å². The predicted octanol–water partition coefficient (Wildman–Crippen LogP) is 3.05. The van der Waals surface area contributed by atoms with Crippen LogP contribution in [0.25, 0.3) is 0 Å². The van der Waals surface area contributed by atoms with Gasteiger partial charge in [-0.1, -0.05) is 57.9 Å². The fourth-order valence-electron chi connectivity index (χ4n) is 8.30. The number of anilines is 1. The standard InChI is InChI=1S/C34H49N5O4/c1-5-37-17-19-38(20-18-37)15-8-16-39-30(32(41)36-26-12-7-10-23(3)24(26)4)34-14-13-27(43-34)28(29(34)33(39)42)31(40)35-25-11-6-9-22(2)21-25/h6,9,11,13-14,21,23-24,26-30H,5,7-8,10,12,15-20H2,1-4H3,(H,35,40)(H,36,41)/t23-,24+,26+,27-,28+,29-,30-,34-/m0/s1. The molecule has 5 aliphatic rings. The molecular weight excluding hydrogens is 542 g/mol. The number of amides is 3. The summed E-state index contributed by atoms with van der Waals surface area (Å²) in [5.41, 5.74) is 0.614. The van der Waals surface area contributed by atoms with Crippen LogP contribution < -0.4 is 10.6 Å². The lowest BCUT2D eigenvalue weighted by Gasteiger charge is -2.38. The second kappa shape index (κ2) is 12.3. The van der Waals surface area contributed by atoms with Crippen molar-refractivity contribution in [1.29, 1.82) is 0 Å². The number of carbonyl (C=O) groups is 3. The van der Waals surface area contributed by atoms with E-state index >= 15 is 0 Å². The van der Waals surface area contributed by atoms with Gasteiger partial charge in [-0.3, -0.25) is 14.4 Å². The van der Waals surface area contributed by atoms with Crippen LogP contribution in [0.1, 0.15) is 52.0 Å². The van der Waals surface area contributed by atoms with Crippen molar-refractivity contribution in [3.63, 3.8) is 0 Å².